The van der Waals surface area contributed by atoms with Crippen LogP contribution in [0.4, 0.5) is 5.69 Å². The Bertz CT molecular complexity index is 524. The molecule has 0 saturated heterocycles. The van der Waals surface area contributed by atoms with E-state index in [0.717, 1.165) is 6.54 Å². The van der Waals surface area contributed by atoms with Crippen LogP contribution in [0.15, 0.2) is 30.3 Å². The van der Waals surface area contributed by atoms with Crippen LogP contribution in [0.1, 0.15) is 18.4 Å². The quantitative estimate of drug-likeness (QED) is 0.341. The van der Waals surface area contributed by atoms with E-state index < -0.39 is 4.92 Å². The predicted molar refractivity (Wildman–Crippen MR) is 76.2 cm³/mol. The molecule has 1 aliphatic rings. The lowest BCUT2D eigenvalue weighted by molar-refractivity contribution is -0.385. The van der Waals surface area contributed by atoms with Crippen molar-refractivity contribution < 1.29 is 9.72 Å². The van der Waals surface area contributed by atoms with E-state index in [0.29, 0.717) is 18.2 Å². The molecule has 106 valence electrons. The lowest BCUT2D eigenvalue weighted by Gasteiger charge is -2.03. The highest BCUT2D eigenvalue weighted by molar-refractivity contribution is 5.92. The van der Waals surface area contributed by atoms with E-state index in [4.69, 9.17) is 0 Å². The highest BCUT2D eigenvalue weighted by Gasteiger charge is 2.19. The molecule has 0 heterocycles. The number of benzene rings is 1. The van der Waals surface area contributed by atoms with Gasteiger partial charge >= 0.3 is 0 Å². The van der Waals surface area contributed by atoms with Gasteiger partial charge in [0, 0.05) is 31.3 Å². The number of rotatable bonds is 7. The van der Waals surface area contributed by atoms with Crippen molar-refractivity contribution >= 4 is 17.7 Å². The standard InChI is InChI=1S/C14H17N3O3/c18-14(16-10-9-15-12-6-7-12)8-5-11-3-1-2-4-13(11)17(19)20/h1-5,8,12,15H,6-7,9-10H2,(H,16,18). The molecule has 0 radical (unpaired) electrons. The van der Waals surface area contributed by atoms with E-state index in [-0.39, 0.29) is 11.6 Å². The van der Waals surface area contributed by atoms with Gasteiger partial charge in [0.05, 0.1) is 10.5 Å². The third-order valence-corrected chi connectivity index (χ3v) is 2.98. The number of hydrogen-bond acceptors (Lipinski definition) is 4. The molecule has 0 aliphatic heterocycles. The highest BCUT2D eigenvalue weighted by Crippen LogP contribution is 2.19. The molecule has 0 unspecified atom stereocenters. The van der Waals surface area contributed by atoms with Gasteiger partial charge in [0.25, 0.3) is 5.69 Å². The largest absolute Gasteiger partial charge is 0.351 e. The van der Waals surface area contributed by atoms with Gasteiger partial charge in [-0.05, 0) is 25.0 Å². The second kappa shape index (κ2) is 6.81. The fourth-order valence-electron chi connectivity index (χ4n) is 1.77. The van der Waals surface area contributed by atoms with Gasteiger partial charge in [0.1, 0.15) is 0 Å². The number of carbonyl (C=O) groups is 1. The van der Waals surface area contributed by atoms with Gasteiger partial charge in [-0.25, -0.2) is 0 Å². The summed E-state index contributed by atoms with van der Waals surface area (Å²) in [5.41, 5.74) is 0.413. The smallest absolute Gasteiger partial charge is 0.276 e. The van der Waals surface area contributed by atoms with E-state index in [9.17, 15) is 14.9 Å². The third kappa shape index (κ3) is 4.47. The minimum Gasteiger partial charge on any atom is -0.351 e. The van der Waals surface area contributed by atoms with Crippen molar-refractivity contribution in [2.24, 2.45) is 0 Å². The van der Waals surface area contributed by atoms with Crippen LogP contribution in [0.5, 0.6) is 0 Å². The molecule has 6 heteroatoms. The molecule has 6 nitrogen and oxygen atoms in total. The van der Waals surface area contributed by atoms with Gasteiger partial charge in [0.2, 0.25) is 5.91 Å². The number of nitrogens with one attached hydrogen (secondary N) is 2. The summed E-state index contributed by atoms with van der Waals surface area (Å²) in [4.78, 5) is 21.9. The van der Waals surface area contributed by atoms with Crippen molar-refractivity contribution in [1.82, 2.24) is 10.6 Å². The summed E-state index contributed by atoms with van der Waals surface area (Å²) in [6.45, 7) is 1.30. The molecule has 0 aromatic heterocycles. The maximum absolute atomic E-state index is 11.6. The minimum absolute atomic E-state index is 0.00745. The zero-order valence-corrected chi connectivity index (χ0v) is 11.0. The zero-order valence-electron chi connectivity index (χ0n) is 11.0. The predicted octanol–water partition coefficient (Wildman–Crippen LogP) is 1.48. The Morgan fingerprint density at radius 2 is 2.10 bits per heavy atom. The molecule has 20 heavy (non-hydrogen) atoms. The highest BCUT2D eigenvalue weighted by atomic mass is 16.6. The molecule has 0 bridgehead atoms. The van der Waals surface area contributed by atoms with Crippen molar-refractivity contribution in [2.75, 3.05) is 13.1 Å². The molecular formula is C14H17N3O3. The molecule has 1 fully saturated rings. The number of carbonyl (C=O) groups excluding carboxylic acids is 1. The van der Waals surface area contributed by atoms with Gasteiger partial charge in [0.15, 0.2) is 0 Å². The molecule has 0 atom stereocenters. The van der Waals surface area contributed by atoms with Crippen molar-refractivity contribution in [3.8, 4) is 0 Å². The average Bonchev–Trinajstić information content (AvgIpc) is 3.25. The van der Waals surface area contributed by atoms with Crippen LogP contribution in [-0.4, -0.2) is 30.0 Å². The van der Waals surface area contributed by atoms with Gasteiger partial charge < -0.3 is 10.6 Å². The lowest BCUT2D eigenvalue weighted by atomic mass is 10.1. The van der Waals surface area contributed by atoms with Gasteiger partial charge in [-0.1, -0.05) is 12.1 Å². The topological polar surface area (TPSA) is 84.3 Å². The van der Waals surface area contributed by atoms with Crippen molar-refractivity contribution in [2.45, 2.75) is 18.9 Å². The van der Waals surface area contributed by atoms with E-state index in [1.54, 1.807) is 18.2 Å². The lowest BCUT2D eigenvalue weighted by Crippen LogP contribution is -2.31. The fraction of sp³-hybridized carbons (Fsp3) is 0.357. The molecular weight excluding hydrogens is 258 g/mol. The summed E-state index contributed by atoms with van der Waals surface area (Å²) >= 11 is 0. The maximum atomic E-state index is 11.6. The molecule has 0 spiro atoms. The van der Waals surface area contributed by atoms with Crippen LogP contribution in [0.25, 0.3) is 6.08 Å². The molecule has 1 aromatic rings. The summed E-state index contributed by atoms with van der Waals surface area (Å²) in [6.07, 6.45) is 5.21. The summed E-state index contributed by atoms with van der Waals surface area (Å²) in [5.74, 6) is -0.249. The van der Waals surface area contributed by atoms with E-state index in [2.05, 4.69) is 10.6 Å². The maximum Gasteiger partial charge on any atom is 0.276 e. The van der Waals surface area contributed by atoms with Crippen molar-refractivity contribution in [3.63, 3.8) is 0 Å². The van der Waals surface area contributed by atoms with Crippen LogP contribution >= 0.6 is 0 Å². The van der Waals surface area contributed by atoms with E-state index >= 15 is 0 Å². The first-order valence-corrected chi connectivity index (χ1v) is 6.59. The Morgan fingerprint density at radius 1 is 1.35 bits per heavy atom. The Labute approximate surface area is 117 Å². The van der Waals surface area contributed by atoms with E-state index in [1.165, 1.54) is 31.1 Å². The number of nitro groups is 1. The Kier molecular flexibility index (Phi) is 4.84. The number of nitrogens with zero attached hydrogens (tertiary/aromatic N) is 1. The Balaban J connectivity index is 1.81. The summed E-state index contributed by atoms with van der Waals surface area (Å²) in [5, 5.41) is 16.8. The van der Waals surface area contributed by atoms with Gasteiger partial charge in [-0.15, -0.1) is 0 Å². The molecule has 1 saturated carbocycles. The van der Waals surface area contributed by atoms with Crippen LogP contribution in [0.3, 0.4) is 0 Å². The number of hydrogen-bond donors (Lipinski definition) is 2. The fourth-order valence-corrected chi connectivity index (χ4v) is 1.77. The van der Waals surface area contributed by atoms with Crippen LogP contribution in [0.2, 0.25) is 0 Å². The normalized spacial score (nSPS) is 14.4. The number of para-hydroxylation sites is 1. The van der Waals surface area contributed by atoms with Crippen molar-refractivity contribution in [1.29, 1.82) is 0 Å². The van der Waals surface area contributed by atoms with E-state index in [1.807, 2.05) is 0 Å². The number of nitro benzene ring substituents is 1. The van der Waals surface area contributed by atoms with Gasteiger partial charge in [-0.2, -0.15) is 0 Å². The second-order valence-electron chi connectivity index (χ2n) is 4.67. The third-order valence-electron chi connectivity index (χ3n) is 2.98. The number of amides is 1. The monoisotopic (exact) mass is 275 g/mol. The van der Waals surface area contributed by atoms with Crippen LogP contribution in [-0.2, 0) is 4.79 Å². The molecule has 1 aliphatic carbocycles. The zero-order chi connectivity index (χ0) is 14.4. The van der Waals surface area contributed by atoms with Crippen molar-refractivity contribution in [3.05, 3.63) is 46.0 Å². The molecule has 1 amide bonds. The van der Waals surface area contributed by atoms with Crippen LogP contribution < -0.4 is 10.6 Å². The first-order valence-electron chi connectivity index (χ1n) is 6.59. The van der Waals surface area contributed by atoms with Gasteiger partial charge in [-0.3, -0.25) is 14.9 Å². The first kappa shape index (κ1) is 14.2. The Morgan fingerprint density at radius 3 is 2.80 bits per heavy atom. The van der Waals surface area contributed by atoms with Crippen LogP contribution in [0, 0.1) is 10.1 Å². The second-order valence-corrected chi connectivity index (χ2v) is 4.67. The SMILES string of the molecule is O=C(C=Cc1ccccc1[N+](=O)[O-])NCCNC1CC1. The summed E-state index contributed by atoms with van der Waals surface area (Å²) in [7, 11) is 0. The minimum atomic E-state index is -0.461. The average molecular weight is 275 g/mol. The molecule has 2 rings (SSSR count). The summed E-state index contributed by atoms with van der Waals surface area (Å²) < 4.78 is 0. The summed E-state index contributed by atoms with van der Waals surface area (Å²) in [6, 6.07) is 6.94. The Hall–Kier alpha value is -2.21. The molecule has 2 N–H and O–H groups in total. The molecule has 1 aromatic carbocycles. The first-order chi connectivity index (χ1) is 9.66.